The lowest BCUT2D eigenvalue weighted by molar-refractivity contribution is 0.238. The van der Waals surface area contributed by atoms with Crippen LogP contribution in [0.4, 0.5) is 10.5 Å². The van der Waals surface area contributed by atoms with Gasteiger partial charge in [-0.25, -0.2) is 13.2 Å². The zero-order valence-electron chi connectivity index (χ0n) is 14.6. The number of hydrogen-bond acceptors (Lipinski definition) is 4. The van der Waals surface area contributed by atoms with Crippen LogP contribution in [0.5, 0.6) is 0 Å². The lowest BCUT2D eigenvalue weighted by Gasteiger charge is -2.20. The number of hydrogen-bond donors (Lipinski definition) is 2. The van der Waals surface area contributed by atoms with Gasteiger partial charge in [-0.3, -0.25) is 9.29 Å². The molecule has 1 aliphatic heterocycles. The summed E-state index contributed by atoms with van der Waals surface area (Å²) in [4.78, 5) is 15.9. The summed E-state index contributed by atoms with van der Waals surface area (Å²) in [5, 5.41) is 5.40. The molecule has 138 valence electrons. The topological polar surface area (TPSA) is 91.4 Å². The van der Waals surface area contributed by atoms with Gasteiger partial charge in [0.05, 0.1) is 17.5 Å². The lowest BCUT2D eigenvalue weighted by atomic mass is 10.1. The van der Waals surface area contributed by atoms with Crippen molar-refractivity contribution in [2.24, 2.45) is 0 Å². The summed E-state index contributed by atoms with van der Waals surface area (Å²) in [5.74, 6) is -0.140. The highest BCUT2D eigenvalue weighted by atomic mass is 32.2. The van der Waals surface area contributed by atoms with Crippen LogP contribution in [-0.2, 0) is 16.4 Å². The van der Waals surface area contributed by atoms with Gasteiger partial charge in [-0.2, -0.15) is 0 Å². The minimum absolute atomic E-state index is 0.0515. The van der Waals surface area contributed by atoms with E-state index in [-0.39, 0.29) is 18.3 Å². The average Bonchev–Trinajstić information content (AvgIpc) is 3.07. The van der Waals surface area contributed by atoms with Crippen LogP contribution in [-0.4, -0.2) is 38.3 Å². The van der Waals surface area contributed by atoms with Gasteiger partial charge in [-0.05, 0) is 42.7 Å². The van der Waals surface area contributed by atoms with Crippen LogP contribution >= 0.6 is 0 Å². The number of aromatic nitrogens is 1. The Bertz CT molecular complexity index is 871. The Balaban J connectivity index is 1.51. The molecule has 0 radical (unpaired) electrons. The molecule has 1 aliphatic rings. The van der Waals surface area contributed by atoms with Gasteiger partial charge >= 0.3 is 6.03 Å². The van der Waals surface area contributed by atoms with Gasteiger partial charge in [-0.1, -0.05) is 18.2 Å². The highest BCUT2D eigenvalue weighted by Gasteiger charge is 2.28. The van der Waals surface area contributed by atoms with Crippen LogP contribution in [0.2, 0.25) is 0 Å². The van der Waals surface area contributed by atoms with Crippen molar-refractivity contribution in [3.05, 3.63) is 59.9 Å². The Morgan fingerprint density at radius 3 is 2.73 bits per heavy atom. The number of para-hydroxylation sites is 1. The summed E-state index contributed by atoms with van der Waals surface area (Å²) in [5.41, 5.74) is 2.70. The summed E-state index contributed by atoms with van der Waals surface area (Å²) in [6, 6.07) is 10.5. The minimum Gasteiger partial charge on any atom is -0.337 e. The molecular weight excluding hydrogens is 352 g/mol. The van der Waals surface area contributed by atoms with Gasteiger partial charge in [0.2, 0.25) is 10.0 Å². The molecule has 0 aliphatic carbocycles. The first kappa shape index (κ1) is 18.2. The molecule has 1 atom stereocenters. The van der Waals surface area contributed by atoms with Gasteiger partial charge < -0.3 is 10.6 Å². The molecule has 0 saturated carbocycles. The highest BCUT2D eigenvalue weighted by Crippen LogP contribution is 2.29. The first-order valence-electron chi connectivity index (χ1n) is 8.50. The molecule has 8 heteroatoms. The number of anilines is 1. The van der Waals surface area contributed by atoms with Crippen molar-refractivity contribution >= 4 is 21.7 Å². The van der Waals surface area contributed by atoms with E-state index in [1.165, 1.54) is 4.31 Å². The molecule has 0 bridgehead atoms. The number of nitrogens with zero attached hydrogens (tertiary/aromatic N) is 2. The molecule has 2 N–H and O–H groups in total. The molecule has 2 amide bonds. The van der Waals surface area contributed by atoms with Crippen LogP contribution in [0.15, 0.2) is 48.8 Å². The van der Waals surface area contributed by atoms with E-state index in [2.05, 4.69) is 15.6 Å². The zero-order chi connectivity index (χ0) is 18.6. The third kappa shape index (κ3) is 4.13. The molecule has 1 aromatic heterocycles. The SMILES string of the molecule is CC(NC(=O)NCCS(=O)(=O)N1CCc2ccccc21)c1ccncc1. The number of carbonyl (C=O) groups excluding carboxylic acids is 1. The Morgan fingerprint density at radius 1 is 1.23 bits per heavy atom. The third-order valence-electron chi connectivity index (χ3n) is 4.38. The van der Waals surface area contributed by atoms with Crippen molar-refractivity contribution in [1.82, 2.24) is 15.6 Å². The fraction of sp³-hybridized carbons (Fsp3) is 0.333. The quantitative estimate of drug-likeness (QED) is 0.807. The number of carbonyl (C=O) groups is 1. The molecule has 2 heterocycles. The van der Waals surface area contributed by atoms with Crippen molar-refractivity contribution in [3.63, 3.8) is 0 Å². The maximum Gasteiger partial charge on any atom is 0.315 e. The first-order valence-corrected chi connectivity index (χ1v) is 10.1. The molecule has 0 spiro atoms. The van der Waals surface area contributed by atoms with Crippen molar-refractivity contribution in [3.8, 4) is 0 Å². The molecule has 3 rings (SSSR count). The van der Waals surface area contributed by atoms with E-state index in [1.807, 2.05) is 43.3 Å². The van der Waals surface area contributed by atoms with E-state index >= 15 is 0 Å². The number of pyridine rings is 1. The smallest absolute Gasteiger partial charge is 0.315 e. The lowest BCUT2D eigenvalue weighted by Crippen LogP contribution is -2.41. The van der Waals surface area contributed by atoms with Crippen LogP contribution in [0.1, 0.15) is 24.1 Å². The number of urea groups is 1. The fourth-order valence-corrected chi connectivity index (χ4v) is 4.41. The van der Waals surface area contributed by atoms with Crippen LogP contribution in [0.25, 0.3) is 0 Å². The second-order valence-electron chi connectivity index (χ2n) is 6.17. The average molecular weight is 374 g/mol. The number of fused-ring (bicyclic) bond motifs is 1. The molecule has 2 aromatic rings. The Labute approximate surface area is 153 Å². The van der Waals surface area contributed by atoms with Crippen molar-refractivity contribution in [2.75, 3.05) is 23.1 Å². The number of rotatable bonds is 6. The maximum absolute atomic E-state index is 12.6. The predicted molar refractivity (Wildman–Crippen MR) is 100 cm³/mol. The van der Waals surface area contributed by atoms with Crippen molar-refractivity contribution in [1.29, 1.82) is 0 Å². The zero-order valence-corrected chi connectivity index (χ0v) is 15.4. The van der Waals surface area contributed by atoms with Gasteiger partial charge in [0.1, 0.15) is 0 Å². The van der Waals surface area contributed by atoms with E-state index in [9.17, 15) is 13.2 Å². The maximum atomic E-state index is 12.6. The van der Waals surface area contributed by atoms with Crippen molar-refractivity contribution < 1.29 is 13.2 Å². The van der Waals surface area contributed by atoms with E-state index in [4.69, 9.17) is 0 Å². The van der Waals surface area contributed by atoms with Crippen molar-refractivity contribution in [2.45, 2.75) is 19.4 Å². The number of amides is 2. The standard InChI is InChI=1S/C18H22N4O3S/c1-14(15-6-9-19-10-7-15)21-18(23)20-11-13-26(24,25)22-12-8-16-4-2-3-5-17(16)22/h2-7,9-10,14H,8,11-13H2,1H3,(H2,20,21,23). The minimum atomic E-state index is -3.47. The summed E-state index contributed by atoms with van der Waals surface area (Å²) < 4.78 is 26.6. The largest absolute Gasteiger partial charge is 0.337 e. The monoisotopic (exact) mass is 374 g/mol. The summed E-state index contributed by atoms with van der Waals surface area (Å²) in [6.07, 6.45) is 4.03. The van der Waals surface area contributed by atoms with Crippen LogP contribution < -0.4 is 14.9 Å². The number of nitrogens with one attached hydrogen (secondary N) is 2. The molecule has 26 heavy (non-hydrogen) atoms. The summed E-state index contributed by atoms with van der Waals surface area (Å²) in [7, 11) is -3.47. The normalized spacial score (nSPS) is 14.6. The number of benzene rings is 1. The third-order valence-corrected chi connectivity index (χ3v) is 6.15. The fourth-order valence-electron chi connectivity index (χ4n) is 2.98. The highest BCUT2D eigenvalue weighted by molar-refractivity contribution is 7.92. The molecule has 7 nitrogen and oxygen atoms in total. The molecule has 1 unspecified atom stereocenters. The van der Waals surface area contributed by atoms with E-state index < -0.39 is 16.1 Å². The van der Waals surface area contributed by atoms with E-state index in [1.54, 1.807) is 12.4 Å². The predicted octanol–water partition coefficient (Wildman–Crippen LogP) is 1.83. The van der Waals surface area contributed by atoms with Crippen LogP contribution in [0.3, 0.4) is 0 Å². The van der Waals surface area contributed by atoms with Gasteiger partial charge in [-0.15, -0.1) is 0 Å². The first-order chi connectivity index (χ1) is 12.5. The summed E-state index contributed by atoms with van der Waals surface area (Å²) >= 11 is 0. The van der Waals surface area contributed by atoms with E-state index in [0.29, 0.717) is 13.0 Å². The van der Waals surface area contributed by atoms with Crippen LogP contribution in [0, 0.1) is 0 Å². The van der Waals surface area contributed by atoms with E-state index in [0.717, 1.165) is 16.8 Å². The Kier molecular flexibility index (Phi) is 5.41. The summed E-state index contributed by atoms with van der Waals surface area (Å²) in [6.45, 7) is 2.36. The Morgan fingerprint density at radius 2 is 1.96 bits per heavy atom. The molecule has 0 fully saturated rings. The number of sulfonamides is 1. The Hall–Kier alpha value is -2.61. The van der Waals surface area contributed by atoms with Gasteiger partial charge in [0.15, 0.2) is 0 Å². The molecule has 0 saturated heterocycles. The second kappa shape index (κ2) is 7.74. The second-order valence-corrected chi connectivity index (χ2v) is 8.18. The van der Waals surface area contributed by atoms with Gasteiger partial charge in [0, 0.05) is 25.5 Å². The molecule has 1 aromatic carbocycles. The molecular formula is C18H22N4O3S. The van der Waals surface area contributed by atoms with Gasteiger partial charge in [0.25, 0.3) is 0 Å².